The zero-order chi connectivity index (χ0) is 28.2. The second-order valence-corrected chi connectivity index (χ2v) is 12.5. The van der Waals surface area contributed by atoms with E-state index < -0.39 is 23.3 Å². The van der Waals surface area contributed by atoms with E-state index in [0.717, 1.165) is 36.8 Å². The van der Waals surface area contributed by atoms with Crippen LogP contribution < -0.4 is 21.7 Å². The third-order valence-electron chi connectivity index (χ3n) is 9.29. The van der Waals surface area contributed by atoms with E-state index in [9.17, 15) is 18.8 Å². The van der Waals surface area contributed by atoms with Crippen LogP contribution in [0.4, 0.5) is 20.6 Å². The number of hydrogen-bond donors (Lipinski definition) is 4. The van der Waals surface area contributed by atoms with Gasteiger partial charge in [-0.1, -0.05) is 32.0 Å². The molecule has 2 saturated carbocycles. The largest absolute Gasteiger partial charge is 0.333 e. The van der Waals surface area contributed by atoms with Gasteiger partial charge in [0.15, 0.2) is 0 Å². The van der Waals surface area contributed by atoms with Crippen LogP contribution in [0.25, 0.3) is 0 Å². The summed E-state index contributed by atoms with van der Waals surface area (Å²) in [7, 11) is 0. The summed E-state index contributed by atoms with van der Waals surface area (Å²) in [5.74, 6) is 0.398. The zero-order valence-electron chi connectivity index (χ0n) is 23.1. The summed E-state index contributed by atoms with van der Waals surface area (Å²) in [5, 5.41) is 8.78. The molecule has 1 unspecified atom stereocenters. The molecule has 4 aliphatic rings. The number of urea groups is 1. The number of benzene rings is 2. The lowest BCUT2D eigenvalue weighted by Gasteiger charge is -2.36. The van der Waals surface area contributed by atoms with Crippen LogP contribution in [0.1, 0.15) is 50.7 Å². The Balaban J connectivity index is 1.25. The van der Waals surface area contributed by atoms with Crippen molar-refractivity contribution in [2.45, 2.75) is 70.0 Å². The fraction of sp³-hybridized carbons (Fsp3) is 0.516. The van der Waals surface area contributed by atoms with Crippen LogP contribution >= 0.6 is 0 Å². The molecule has 3 atom stereocenters. The maximum atomic E-state index is 14.5. The Hall–Kier alpha value is -3.46. The Bertz CT molecular complexity index is 1330. The van der Waals surface area contributed by atoms with E-state index in [1.54, 1.807) is 17.0 Å². The lowest BCUT2D eigenvalue weighted by atomic mass is 9.89. The average Bonchev–Trinajstić information content (AvgIpc) is 3.85. The van der Waals surface area contributed by atoms with Gasteiger partial charge in [-0.15, -0.1) is 0 Å². The Morgan fingerprint density at radius 2 is 1.70 bits per heavy atom. The number of nitrogens with one attached hydrogen (secondary N) is 3. The molecule has 1 heterocycles. The first-order valence-corrected chi connectivity index (χ1v) is 14.5. The van der Waals surface area contributed by atoms with Crippen molar-refractivity contribution in [2.75, 3.05) is 17.2 Å². The van der Waals surface area contributed by atoms with Crippen molar-refractivity contribution in [3.05, 3.63) is 59.4 Å². The molecule has 9 heteroatoms. The molecule has 40 heavy (non-hydrogen) atoms. The number of anilines is 2. The van der Waals surface area contributed by atoms with E-state index >= 15 is 0 Å². The van der Waals surface area contributed by atoms with Gasteiger partial charge in [0, 0.05) is 25.1 Å². The van der Waals surface area contributed by atoms with Gasteiger partial charge in [0.05, 0.1) is 17.8 Å². The number of amides is 4. The van der Waals surface area contributed by atoms with Gasteiger partial charge in [0.2, 0.25) is 5.91 Å². The molecule has 0 aromatic heterocycles. The van der Waals surface area contributed by atoms with Crippen molar-refractivity contribution in [1.82, 2.24) is 10.2 Å². The first kappa shape index (κ1) is 26.7. The summed E-state index contributed by atoms with van der Waals surface area (Å²) >= 11 is 0. The van der Waals surface area contributed by atoms with Crippen molar-refractivity contribution in [2.24, 2.45) is 29.4 Å². The summed E-state index contributed by atoms with van der Waals surface area (Å²) in [5.41, 5.74) is 7.71. The van der Waals surface area contributed by atoms with E-state index in [1.807, 2.05) is 32.0 Å². The van der Waals surface area contributed by atoms with Crippen LogP contribution in [-0.2, 0) is 22.4 Å². The normalized spacial score (nSPS) is 24.7. The molecule has 1 saturated heterocycles. The van der Waals surface area contributed by atoms with Crippen LogP contribution in [0.5, 0.6) is 0 Å². The predicted molar refractivity (Wildman–Crippen MR) is 151 cm³/mol. The third kappa shape index (κ3) is 4.96. The van der Waals surface area contributed by atoms with Crippen molar-refractivity contribution in [3.8, 4) is 0 Å². The molecule has 3 fully saturated rings. The second-order valence-electron chi connectivity index (χ2n) is 12.5. The summed E-state index contributed by atoms with van der Waals surface area (Å²) in [6.07, 6.45) is 5.16. The van der Waals surface area contributed by atoms with Crippen molar-refractivity contribution in [3.63, 3.8) is 0 Å². The second kappa shape index (κ2) is 10.2. The summed E-state index contributed by atoms with van der Waals surface area (Å²) in [4.78, 5) is 41.9. The fourth-order valence-corrected chi connectivity index (χ4v) is 6.65. The molecule has 0 spiro atoms. The quantitative estimate of drug-likeness (QED) is 0.379. The van der Waals surface area contributed by atoms with Crippen molar-refractivity contribution < 1.29 is 18.8 Å². The van der Waals surface area contributed by atoms with Gasteiger partial charge in [0.25, 0.3) is 5.91 Å². The Labute approximate surface area is 234 Å². The predicted octanol–water partition coefficient (Wildman–Crippen LogP) is 4.05. The summed E-state index contributed by atoms with van der Waals surface area (Å²) < 4.78 is 14.5. The van der Waals surface area contributed by atoms with Crippen molar-refractivity contribution in [1.29, 1.82) is 0 Å². The van der Waals surface area contributed by atoms with Gasteiger partial charge in [-0.25, -0.2) is 9.18 Å². The Kier molecular flexibility index (Phi) is 6.81. The highest BCUT2D eigenvalue weighted by atomic mass is 19.1. The number of carbonyl (C=O) groups excluding carboxylic acids is 3. The lowest BCUT2D eigenvalue weighted by Crippen LogP contribution is -2.59. The highest BCUT2D eigenvalue weighted by Crippen LogP contribution is 2.50. The summed E-state index contributed by atoms with van der Waals surface area (Å²) in [6.45, 7) is 4.43. The number of hydrogen-bond acceptors (Lipinski definition) is 4. The van der Waals surface area contributed by atoms with Gasteiger partial charge in [-0.3, -0.25) is 9.59 Å². The first-order valence-electron chi connectivity index (χ1n) is 14.5. The zero-order valence-corrected chi connectivity index (χ0v) is 23.1. The van der Waals surface area contributed by atoms with Crippen LogP contribution in [0.15, 0.2) is 42.5 Å². The SMILES string of the molecule is CC(C)[C@@H]1CN(C2(C(=O)Nc3ccccc3F)Cc3ccc(NC(=O)[C@@H](N)C(C4CC4)C4CC4)cc3C2)C(=O)N1. The standard InChI is InChI=1S/C31H38FN5O3/c1-17(2)25-16-37(30(40)36-25)31(29(39)35-24-6-4-3-5-23(24)32)14-20-11-12-22(13-21(20)15-31)34-28(38)27(33)26(18-7-8-18)19-9-10-19/h3-6,11-13,17-19,25-27H,7-10,14-16,33H2,1-2H3,(H,34,38)(H,35,39)(H,36,40)/t25-,27-,31?/m0/s1. The lowest BCUT2D eigenvalue weighted by molar-refractivity contribution is -0.125. The Morgan fingerprint density at radius 1 is 1.02 bits per heavy atom. The maximum absolute atomic E-state index is 14.5. The van der Waals surface area contributed by atoms with Gasteiger partial charge < -0.3 is 26.6 Å². The van der Waals surface area contributed by atoms with Gasteiger partial charge in [-0.05, 0) is 84.7 Å². The molecule has 8 nitrogen and oxygen atoms in total. The maximum Gasteiger partial charge on any atom is 0.318 e. The molecule has 4 amide bonds. The number of para-hydroxylation sites is 1. The number of nitrogens with two attached hydrogens (primary N) is 1. The highest BCUT2D eigenvalue weighted by Gasteiger charge is 2.54. The number of halogens is 1. The molecule has 2 aromatic carbocycles. The molecule has 212 valence electrons. The fourth-order valence-electron chi connectivity index (χ4n) is 6.65. The summed E-state index contributed by atoms with van der Waals surface area (Å²) in [6, 6.07) is 10.7. The van der Waals surface area contributed by atoms with Crippen LogP contribution in [-0.4, -0.2) is 46.9 Å². The topological polar surface area (TPSA) is 117 Å². The molecule has 1 aliphatic heterocycles. The molecule has 0 radical (unpaired) electrons. The first-order chi connectivity index (χ1) is 19.2. The number of nitrogens with zero attached hydrogens (tertiary/aromatic N) is 1. The average molecular weight is 548 g/mol. The molecular weight excluding hydrogens is 509 g/mol. The van der Waals surface area contributed by atoms with Gasteiger partial charge >= 0.3 is 6.03 Å². The monoisotopic (exact) mass is 547 g/mol. The van der Waals surface area contributed by atoms with E-state index in [0.29, 0.717) is 30.5 Å². The third-order valence-corrected chi connectivity index (χ3v) is 9.29. The van der Waals surface area contributed by atoms with Crippen LogP contribution in [0.2, 0.25) is 0 Å². The molecule has 5 N–H and O–H groups in total. The highest BCUT2D eigenvalue weighted by molar-refractivity contribution is 6.02. The van der Waals surface area contributed by atoms with E-state index in [-0.39, 0.29) is 41.9 Å². The molecule has 3 aliphatic carbocycles. The minimum absolute atomic E-state index is 0.0747. The molecule has 0 bridgehead atoms. The number of carbonyl (C=O) groups is 3. The van der Waals surface area contributed by atoms with E-state index in [4.69, 9.17) is 5.73 Å². The molecule has 2 aromatic rings. The number of rotatable bonds is 9. The number of fused-ring (bicyclic) bond motifs is 1. The van der Waals surface area contributed by atoms with E-state index in [1.165, 1.54) is 12.1 Å². The van der Waals surface area contributed by atoms with Crippen LogP contribution in [0, 0.1) is 29.5 Å². The smallest absolute Gasteiger partial charge is 0.318 e. The molecule has 6 rings (SSSR count). The Morgan fingerprint density at radius 3 is 2.33 bits per heavy atom. The van der Waals surface area contributed by atoms with Gasteiger partial charge in [0.1, 0.15) is 11.4 Å². The minimum atomic E-state index is -1.24. The minimum Gasteiger partial charge on any atom is -0.333 e. The van der Waals surface area contributed by atoms with Crippen LogP contribution in [0.3, 0.4) is 0 Å². The molecular formula is C31H38FN5O3. The van der Waals surface area contributed by atoms with Gasteiger partial charge in [-0.2, -0.15) is 0 Å². The van der Waals surface area contributed by atoms with Crippen molar-refractivity contribution >= 4 is 29.2 Å². The van der Waals surface area contributed by atoms with E-state index in [2.05, 4.69) is 16.0 Å².